The molecule has 0 radical (unpaired) electrons. The summed E-state index contributed by atoms with van der Waals surface area (Å²) in [6.07, 6.45) is 1.71. The molecule has 0 aromatic carbocycles. The molecule has 0 saturated carbocycles. The highest BCUT2D eigenvalue weighted by Crippen LogP contribution is 2.21. The molecule has 0 amide bonds. The van der Waals surface area contributed by atoms with Gasteiger partial charge in [0.25, 0.3) is 0 Å². The van der Waals surface area contributed by atoms with Gasteiger partial charge in [-0.05, 0) is 20.0 Å². The number of rotatable bonds is 6. The second kappa shape index (κ2) is 6.02. The van der Waals surface area contributed by atoms with Crippen LogP contribution in [0.25, 0.3) is 11.0 Å². The van der Waals surface area contributed by atoms with Gasteiger partial charge < -0.3 is 10.2 Å². The molecule has 0 spiro atoms. The van der Waals surface area contributed by atoms with E-state index in [1.807, 2.05) is 0 Å². The first-order valence-electron chi connectivity index (χ1n) is 6.60. The highest BCUT2D eigenvalue weighted by atomic mass is 15.3. The third-order valence-corrected chi connectivity index (χ3v) is 3.13. The normalized spacial score (nSPS) is 13.2. The van der Waals surface area contributed by atoms with E-state index < -0.39 is 0 Å². The van der Waals surface area contributed by atoms with Gasteiger partial charge in [0.15, 0.2) is 5.65 Å². The number of fused-ring (bicyclic) bond motifs is 1. The summed E-state index contributed by atoms with van der Waals surface area (Å²) in [6.45, 7) is 5.26. The Hall–Kier alpha value is -1.93. The molecule has 0 aliphatic carbocycles. The van der Waals surface area contributed by atoms with Crippen LogP contribution >= 0.6 is 0 Å². The van der Waals surface area contributed by atoms with Gasteiger partial charge in [0.2, 0.25) is 5.95 Å². The highest BCUT2D eigenvalue weighted by molar-refractivity contribution is 5.87. The Kier molecular flexibility index (Phi) is 4.35. The van der Waals surface area contributed by atoms with E-state index in [1.165, 1.54) is 0 Å². The van der Waals surface area contributed by atoms with Gasteiger partial charge >= 0.3 is 0 Å². The van der Waals surface area contributed by atoms with Crippen LogP contribution in [0.15, 0.2) is 6.20 Å². The number of hydrogen-bond donors (Lipinski definition) is 4. The summed E-state index contributed by atoms with van der Waals surface area (Å²) < 4.78 is 0. The second-order valence-corrected chi connectivity index (χ2v) is 5.43. The largest absolute Gasteiger partial charge is 0.365 e. The quantitative estimate of drug-likeness (QED) is 0.453. The molecule has 0 aliphatic heterocycles. The van der Waals surface area contributed by atoms with Gasteiger partial charge in [-0.1, -0.05) is 13.8 Å². The Morgan fingerprint density at radius 1 is 1.35 bits per heavy atom. The van der Waals surface area contributed by atoms with E-state index in [0.29, 0.717) is 17.5 Å². The Labute approximate surface area is 118 Å². The molecule has 2 aromatic heterocycles. The van der Waals surface area contributed by atoms with Gasteiger partial charge in [-0.2, -0.15) is 15.1 Å². The molecule has 5 N–H and O–H groups in total. The van der Waals surface area contributed by atoms with Crippen LogP contribution in [0, 0.1) is 5.92 Å². The molecule has 2 rings (SSSR count). The minimum atomic E-state index is 0.267. The van der Waals surface area contributed by atoms with Crippen molar-refractivity contribution in [2.24, 2.45) is 11.8 Å². The number of hydrazine groups is 1. The fourth-order valence-corrected chi connectivity index (χ4v) is 2.00. The van der Waals surface area contributed by atoms with Crippen LogP contribution in [0.2, 0.25) is 0 Å². The molecule has 0 saturated heterocycles. The third-order valence-electron chi connectivity index (χ3n) is 3.13. The maximum absolute atomic E-state index is 5.40. The van der Waals surface area contributed by atoms with Gasteiger partial charge in [-0.15, -0.1) is 0 Å². The first kappa shape index (κ1) is 14.5. The van der Waals surface area contributed by atoms with Crippen LogP contribution in [0.1, 0.15) is 13.8 Å². The number of aromatic amines is 1. The molecule has 1 atom stereocenters. The topological polar surface area (TPSA) is 108 Å². The summed E-state index contributed by atoms with van der Waals surface area (Å²) in [4.78, 5) is 10.7. The monoisotopic (exact) mass is 278 g/mol. The van der Waals surface area contributed by atoms with E-state index in [4.69, 9.17) is 5.84 Å². The SMILES string of the molecule is CC(C)C(CN(C)C)Nc1nc(NN)nc2[nH]ncc12. The zero-order valence-electron chi connectivity index (χ0n) is 12.3. The molecule has 2 aromatic rings. The van der Waals surface area contributed by atoms with Gasteiger partial charge in [0.05, 0.1) is 11.6 Å². The molecule has 110 valence electrons. The Morgan fingerprint density at radius 2 is 2.10 bits per heavy atom. The van der Waals surface area contributed by atoms with Crippen molar-refractivity contribution in [1.82, 2.24) is 25.1 Å². The van der Waals surface area contributed by atoms with Crippen LogP contribution in [-0.2, 0) is 0 Å². The van der Waals surface area contributed by atoms with Crippen molar-refractivity contribution in [3.05, 3.63) is 6.20 Å². The number of nitrogens with zero attached hydrogens (tertiary/aromatic N) is 4. The summed E-state index contributed by atoms with van der Waals surface area (Å²) in [5, 5.41) is 11.2. The molecule has 0 fully saturated rings. The predicted octanol–water partition coefficient (Wildman–Crippen LogP) is 0.637. The molecule has 1 unspecified atom stereocenters. The van der Waals surface area contributed by atoms with Gasteiger partial charge in [0, 0.05) is 12.6 Å². The van der Waals surface area contributed by atoms with E-state index in [-0.39, 0.29) is 6.04 Å². The Balaban J connectivity index is 2.32. The molecule has 20 heavy (non-hydrogen) atoms. The lowest BCUT2D eigenvalue weighted by atomic mass is 10.0. The minimum absolute atomic E-state index is 0.267. The lowest BCUT2D eigenvalue weighted by Crippen LogP contribution is -2.36. The van der Waals surface area contributed by atoms with Crippen molar-refractivity contribution < 1.29 is 0 Å². The van der Waals surface area contributed by atoms with Crippen LogP contribution < -0.4 is 16.6 Å². The van der Waals surface area contributed by atoms with E-state index >= 15 is 0 Å². The van der Waals surface area contributed by atoms with Crippen LogP contribution in [0.5, 0.6) is 0 Å². The summed E-state index contributed by atoms with van der Waals surface area (Å²) in [5.74, 6) is 6.96. The maximum Gasteiger partial charge on any atom is 0.241 e. The summed E-state index contributed by atoms with van der Waals surface area (Å²) in [5.41, 5.74) is 3.13. The van der Waals surface area contributed by atoms with E-state index in [0.717, 1.165) is 17.7 Å². The number of nitrogen functional groups attached to an aromatic ring is 1. The molecule has 8 nitrogen and oxygen atoms in total. The number of nitrogens with one attached hydrogen (secondary N) is 3. The summed E-state index contributed by atoms with van der Waals surface area (Å²) >= 11 is 0. The lowest BCUT2D eigenvalue weighted by molar-refractivity contribution is 0.344. The molecule has 0 bridgehead atoms. The summed E-state index contributed by atoms with van der Waals surface area (Å²) in [7, 11) is 4.11. The average molecular weight is 278 g/mol. The standard InChI is InChI=1S/C12H22N8/c1-7(2)9(6-20(3)4)15-10-8-5-14-19-11(8)17-12(16-10)18-13/h5,7,9H,6,13H2,1-4H3,(H3,14,15,16,17,18,19). The van der Waals surface area contributed by atoms with Crippen molar-refractivity contribution in [2.45, 2.75) is 19.9 Å². The fraction of sp³-hybridized carbons (Fsp3) is 0.583. The predicted molar refractivity (Wildman–Crippen MR) is 80.3 cm³/mol. The number of aromatic nitrogens is 4. The molecular weight excluding hydrogens is 256 g/mol. The average Bonchev–Trinajstić information content (AvgIpc) is 2.85. The first-order valence-corrected chi connectivity index (χ1v) is 6.60. The molecular formula is C12H22N8. The summed E-state index contributed by atoms with van der Waals surface area (Å²) in [6, 6.07) is 0.267. The zero-order valence-corrected chi connectivity index (χ0v) is 12.3. The molecule has 0 aliphatic rings. The van der Waals surface area contributed by atoms with Gasteiger partial charge in [0.1, 0.15) is 5.82 Å². The van der Waals surface area contributed by atoms with Crippen molar-refractivity contribution in [1.29, 1.82) is 0 Å². The Morgan fingerprint density at radius 3 is 2.70 bits per heavy atom. The number of nitrogens with two attached hydrogens (primary N) is 1. The van der Waals surface area contributed by atoms with Gasteiger partial charge in [-0.25, -0.2) is 5.84 Å². The number of H-pyrrole nitrogens is 1. The van der Waals surface area contributed by atoms with Crippen LogP contribution in [0.3, 0.4) is 0 Å². The molecule has 8 heteroatoms. The van der Waals surface area contributed by atoms with E-state index in [2.05, 4.69) is 63.8 Å². The fourth-order valence-electron chi connectivity index (χ4n) is 2.00. The zero-order chi connectivity index (χ0) is 14.7. The van der Waals surface area contributed by atoms with Crippen molar-refractivity contribution in [3.8, 4) is 0 Å². The second-order valence-electron chi connectivity index (χ2n) is 5.43. The van der Waals surface area contributed by atoms with E-state index in [9.17, 15) is 0 Å². The Bertz CT molecular complexity index is 562. The van der Waals surface area contributed by atoms with Gasteiger partial charge in [-0.3, -0.25) is 10.5 Å². The highest BCUT2D eigenvalue weighted by Gasteiger charge is 2.17. The van der Waals surface area contributed by atoms with Crippen molar-refractivity contribution in [2.75, 3.05) is 31.4 Å². The smallest absolute Gasteiger partial charge is 0.241 e. The van der Waals surface area contributed by atoms with Crippen molar-refractivity contribution >= 4 is 22.8 Å². The van der Waals surface area contributed by atoms with E-state index in [1.54, 1.807) is 6.20 Å². The van der Waals surface area contributed by atoms with Crippen LogP contribution in [0.4, 0.5) is 11.8 Å². The number of hydrogen-bond acceptors (Lipinski definition) is 7. The van der Waals surface area contributed by atoms with Crippen LogP contribution in [-0.4, -0.2) is 51.7 Å². The lowest BCUT2D eigenvalue weighted by Gasteiger charge is -2.26. The third kappa shape index (κ3) is 3.14. The first-order chi connectivity index (χ1) is 9.51. The number of likely N-dealkylation sites (N-methyl/N-ethyl adjacent to an activating group) is 1. The maximum atomic E-state index is 5.40. The van der Waals surface area contributed by atoms with Crippen molar-refractivity contribution in [3.63, 3.8) is 0 Å². The minimum Gasteiger partial charge on any atom is -0.365 e. The number of anilines is 2. The molecule has 2 heterocycles.